The molecule has 1 amide bonds. The van der Waals surface area contributed by atoms with Crippen molar-refractivity contribution in [2.45, 2.75) is 37.3 Å². The molecule has 0 bridgehead atoms. The van der Waals surface area contributed by atoms with Crippen LogP contribution >= 0.6 is 0 Å². The van der Waals surface area contributed by atoms with Crippen molar-refractivity contribution in [2.24, 2.45) is 0 Å². The Morgan fingerprint density at radius 1 is 1.25 bits per heavy atom. The Morgan fingerprint density at radius 3 is 2.75 bits per heavy atom. The summed E-state index contributed by atoms with van der Waals surface area (Å²) in [7, 11) is -3.50. The van der Waals surface area contributed by atoms with Gasteiger partial charge in [-0.2, -0.15) is 0 Å². The number of nitrogens with one attached hydrogen (secondary N) is 2. The third-order valence-corrected chi connectivity index (χ3v) is 6.85. The first kappa shape index (κ1) is 22.7. The molecule has 8 nitrogen and oxygen atoms in total. The number of rotatable bonds is 7. The molecular weight excluding hydrogens is 428 g/mol. The predicted molar refractivity (Wildman–Crippen MR) is 124 cm³/mol. The summed E-state index contributed by atoms with van der Waals surface area (Å²) >= 11 is 0. The highest BCUT2D eigenvalue weighted by Crippen LogP contribution is 2.33. The second kappa shape index (κ2) is 9.97. The van der Waals surface area contributed by atoms with E-state index in [0.29, 0.717) is 0 Å². The van der Waals surface area contributed by atoms with Gasteiger partial charge in [0, 0.05) is 37.1 Å². The fraction of sp³-hybridized carbons (Fsp3) is 0.478. The fourth-order valence-electron chi connectivity index (χ4n) is 4.11. The fourth-order valence-corrected chi connectivity index (χ4v) is 4.65. The number of carbonyl (C=O) groups excluding carboxylic acids is 1. The van der Waals surface area contributed by atoms with E-state index in [1.807, 2.05) is 6.07 Å². The van der Waals surface area contributed by atoms with Gasteiger partial charge in [-0.25, -0.2) is 13.4 Å². The van der Waals surface area contributed by atoms with E-state index in [9.17, 15) is 13.2 Å². The van der Waals surface area contributed by atoms with E-state index >= 15 is 0 Å². The average molecular weight is 459 g/mol. The summed E-state index contributed by atoms with van der Waals surface area (Å²) in [5.74, 6) is -0.411. The zero-order chi connectivity index (χ0) is 22.6. The van der Waals surface area contributed by atoms with E-state index in [4.69, 9.17) is 4.74 Å². The molecule has 2 heterocycles. The number of carbonyl (C=O) groups is 1. The van der Waals surface area contributed by atoms with Gasteiger partial charge in [0.05, 0.1) is 19.4 Å². The molecule has 4 rings (SSSR count). The molecule has 9 heteroatoms. The first-order valence-electron chi connectivity index (χ1n) is 11.1. The van der Waals surface area contributed by atoms with Crippen molar-refractivity contribution in [1.82, 2.24) is 14.9 Å². The van der Waals surface area contributed by atoms with Crippen molar-refractivity contribution < 1.29 is 17.9 Å². The monoisotopic (exact) mass is 458 g/mol. The summed E-state index contributed by atoms with van der Waals surface area (Å²) < 4.78 is 28.7. The number of H-pyrrole nitrogens is 1. The molecular formula is C23H30N4O4S. The maximum atomic E-state index is 12.8. The van der Waals surface area contributed by atoms with Crippen LogP contribution in [0, 0.1) is 0 Å². The molecule has 2 N–H and O–H groups in total. The van der Waals surface area contributed by atoms with Crippen LogP contribution in [-0.2, 0) is 21.0 Å². The molecule has 0 unspecified atom stereocenters. The normalized spacial score (nSPS) is 17.7. The Hall–Kier alpha value is -2.49. The molecule has 1 aromatic heterocycles. The molecule has 1 fully saturated rings. The standard InChI is InChI=1S/C23H30N4O4S/c1-32(29,30)23-24-16-21(26-23)22(28)25-20-8-7-17(9-10-27-11-13-31-14-12-27)15-19(20)18-5-3-2-4-6-18/h5,7-8,15-16H,2-4,6,9-14H2,1H3,(H,24,26)(H,25,28). The largest absolute Gasteiger partial charge is 0.379 e. The number of nitrogens with zero attached hydrogens (tertiary/aromatic N) is 2. The number of morpholine rings is 1. The minimum atomic E-state index is -3.50. The van der Waals surface area contributed by atoms with E-state index < -0.39 is 15.7 Å². The zero-order valence-corrected chi connectivity index (χ0v) is 19.2. The molecule has 1 saturated heterocycles. The molecule has 1 aliphatic heterocycles. The summed E-state index contributed by atoms with van der Waals surface area (Å²) in [5.41, 5.74) is 4.37. The zero-order valence-electron chi connectivity index (χ0n) is 18.4. The van der Waals surface area contributed by atoms with E-state index in [2.05, 4.69) is 38.4 Å². The lowest BCUT2D eigenvalue weighted by Gasteiger charge is -2.26. The predicted octanol–water partition coefficient (Wildman–Crippen LogP) is 2.90. The molecule has 0 saturated carbocycles. The quantitative estimate of drug-likeness (QED) is 0.661. The van der Waals surface area contributed by atoms with Gasteiger partial charge in [-0.3, -0.25) is 9.69 Å². The van der Waals surface area contributed by atoms with Gasteiger partial charge in [0.15, 0.2) is 0 Å². The van der Waals surface area contributed by atoms with Gasteiger partial charge in [0.25, 0.3) is 5.91 Å². The Balaban J connectivity index is 1.54. The lowest BCUT2D eigenvalue weighted by molar-refractivity contribution is 0.0384. The topological polar surface area (TPSA) is 104 Å². The number of ether oxygens (including phenoxy) is 1. The molecule has 2 aromatic rings. The number of sulfone groups is 1. The van der Waals surface area contributed by atoms with Gasteiger partial charge >= 0.3 is 0 Å². The summed E-state index contributed by atoms with van der Waals surface area (Å²) in [6.45, 7) is 4.49. The van der Waals surface area contributed by atoms with Crippen LogP contribution in [0.5, 0.6) is 0 Å². The molecule has 172 valence electrons. The van der Waals surface area contributed by atoms with Crippen LogP contribution in [0.25, 0.3) is 5.57 Å². The summed E-state index contributed by atoms with van der Waals surface area (Å²) in [5, 5.41) is 2.74. The van der Waals surface area contributed by atoms with Crippen LogP contribution in [0.2, 0.25) is 0 Å². The number of hydrogen-bond donors (Lipinski definition) is 2. The highest BCUT2D eigenvalue weighted by molar-refractivity contribution is 7.90. The van der Waals surface area contributed by atoms with E-state index in [1.165, 1.54) is 23.8 Å². The lowest BCUT2D eigenvalue weighted by Crippen LogP contribution is -2.37. The molecule has 1 aliphatic carbocycles. The third-order valence-electron chi connectivity index (χ3n) is 5.94. The Kier molecular flexibility index (Phi) is 7.07. The number of amides is 1. The van der Waals surface area contributed by atoms with Crippen LogP contribution in [0.3, 0.4) is 0 Å². The van der Waals surface area contributed by atoms with Crippen LogP contribution in [0.15, 0.2) is 35.6 Å². The Labute approximate surface area is 189 Å². The van der Waals surface area contributed by atoms with Crippen molar-refractivity contribution in [3.63, 3.8) is 0 Å². The first-order valence-corrected chi connectivity index (χ1v) is 13.0. The van der Waals surface area contributed by atoms with Crippen LogP contribution in [0.1, 0.15) is 47.3 Å². The Morgan fingerprint density at radius 2 is 2.06 bits per heavy atom. The SMILES string of the molecule is CS(=O)(=O)c1ncc(C(=O)Nc2ccc(CCN3CCOCC3)cc2C2=CCCCC2)[nH]1. The number of hydrogen-bond acceptors (Lipinski definition) is 6. The summed E-state index contributed by atoms with van der Waals surface area (Å²) in [6, 6.07) is 6.19. The van der Waals surface area contributed by atoms with Crippen molar-refractivity contribution in [3.8, 4) is 0 Å². The molecule has 32 heavy (non-hydrogen) atoms. The number of aromatic amines is 1. The van der Waals surface area contributed by atoms with E-state index in [0.717, 1.165) is 76.0 Å². The maximum Gasteiger partial charge on any atom is 0.273 e. The lowest BCUT2D eigenvalue weighted by atomic mass is 9.91. The van der Waals surface area contributed by atoms with Gasteiger partial charge in [0.2, 0.25) is 15.0 Å². The van der Waals surface area contributed by atoms with Crippen LogP contribution < -0.4 is 5.32 Å². The number of aromatic nitrogens is 2. The minimum Gasteiger partial charge on any atom is -0.379 e. The third kappa shape index (κ3) is 5.65. The van der Waals surface area contributed by atoms with E-state index in [1.54, 1.807) is 0 Å². The van der Waals surface area contributed by atoms with Crippen molar-refractivity contribution in [1.29, 1.82) is 0 Å². The number of anilines is 1. The van der Waals surface area contributed by atoms with Crippen molar-refractivity contribution >= 4 is 27.0 Å². The molecule has 1 aromatic carbocycles. The van der Waals surface area contributed by atoms with Crippen LogP contribution in [-0.4, -0.2) is 68.3 Å². The van der Waals surface area contributed by atoms with Gasteiger partial charge in [-0.1, -0.05) is 12.1 Å². The minimum absolute atomic E-state index is 0.116. The molecule has 0 spiro atoms. The average Bonchev–Trinajstić information content (AvgIpc) is 3.31. The summed E-state index contributed by atoms with van der Waals surface area (Å²) in [6.07, 6.45) is 9.85. The second-order valence-electron chi connectivity index (χ2n) is 8.39. The van der Waals surface area contributed by atoms with Gasteiger partial charge in [0.1, 0.15) is 5.69 Å². The number of benzene rings is 1. The molecule has 2 aliphatic rings. The number of allylic oxidation sites excluding steroid dienone is 2. The first-order chi connectivity index (χ1) is 15.4. The molecule has 0 atom stereocenters. The van der Waals surface area contributed by atoms with E-state index in [-0.39, 0.29) is 10.9 Å². The van der Waals surface area contributed by atoms with Gasteiger partial charge in [-0.15, -0.1) is 0 Å². The Bertz CT molecular complexity index is 1100. The number of imidazole rings is 1. The summed E-state index contributed by atoms with van der Waals surface area (Å²) in [4.78, 5) is 21.6. The van der Waals surface area contributed by atoms with Crippen molar-refractivity contribution in [2.75, 3.05) is 44.4 Å². The van der Waals surface area contributed by atoms with Crippen molar-refractivity contribution in [3.05, 3.63) is 47.3 Å². The molecule has 0 radical (unpaired) electrons. The highest BCUT2D eigenvalue weighted by atomic mass is 32.2. The maximum absolute atomic E-state index is 12.8. The smallest absolute Gasteiger partial charge is 0.273 e. The highest BCUT2D eigenvalue weighted by Gasteiger charge is 2.19. The van der Waals surface area contributed by atoms with Gasteiger partial charge in [-0.05, 0) is 55.4 Å². The second-order valence-corrected chi connectivity index (χ2v) is 10.3. The van der Waals surface area contributed by atoms with Gasteiger partial charge < -0.3 is 15.0 Å². The van der Waals surface area contributed by atoms with Crippen LogP contribution in [0.4, 0.5) is 5.69 Å².